The summed E-state index contributed by atoms with van der Waals surface area (Å²) >= 11 is 0. The summed E-state index contributed by atoms with van der Waals surface area (Å²) in [6.45, 7) is 1.90. The Labute approximate surface area is 127 Å². The average molecular weight is 294 g/mol. The first-order chi connectivity index (χ1) is 10.6. The van der Waals surface area contributed by atoms with Gasteiger partial charge in [0.15, 0.2) is 11.6 Å². The molecule has 0 aliphatic carbocycles. The molecule has 0 fully saturated rings. The predicted octanol–water partition coefficient (Wildman–Crippen LogP) is 2.53. The molecule has 0 aliphatic rings. The van der Waals surface area contributed by atoms with Crippen molar-refractivity contribution < 1.29 is 9.90 Å². The highest BCUT2D eigenvalue weighted by atomic mass is 16.3. The van der Waals surface area contributed by atoms with Crippen LogP contribution in [0.25, 0.3) is 5.69 Å². The molecular formula is C16H14N4O2. The van der Waals surface area contributed by atoms with Gasteiger partial charge in [-0.2, -0.15) is 5.10 Å². The largest absolute Gasteiger partial charge is 0.504 e. The van der Waals surface area contributed by atoms with Crippen LogP contribution in [-0.4, -0.2) is 25.8 Å². The molecule has 0 radical (unpaired) electrons. The van der Waals surface area contributed by atoms with Crippen molar-refractivity contribution in [2.24, 2.45) is 0 Å². The van der Waals surface area contributed by atoms with E-state index in [2.05, 4.69) is 15.4 Å². The van der Waals surface area contributed by atoms with Crippen molar-refractivity contribution in [3.63, 3.8) is 0 Å². The quantitative estimate of drug-likeness (QED) is 0.778. The molecule has 3 rings (SSSR count). The zero-order valence-corrected chi connectivity index (χ0v) is 11.9. The highest BCUT2D eigenvalue weighted by Crippen LogP contribution is 2.19. The highest BCUT2D eigenvalue weighted by molar-refractivity contribution is 6.04. The SMILES string of the molecule is Cc1ccn(-c2cccc(C(=O)Nc3ncccc3O)c2)n1. The number of anilines is 1. The van der Waals surface area contributed by atoms with Crippen LogP contribution in [0.2, 0.25) is 0 Å². The lowest BCUT2D eigenvalue weighted by Gasteiger charge is -2.07. The van der Waals surface area contributed by atoms with Crippen LogP contribution in [0.15, 0.2) is 54.9 Å². The molecule has 2 heterocycles. The van der Waals surface area contributed by atoms with E-state index in [1.54, 1.807) is 28.9 Å². The molecule has 6 heteroatoms. The summed E-state index contributed by atoms with van der Waals surface area (Å²) in [5.41, 5.74) is 2.13. The minimum absolute atomic E-state index is 0.0743. The van der Waals surface area contributed by atoms with Crippen molar-refractivity contribution >= 4 is 11.7 Å². The molecule has 6 nitrogen and oxygen atoms in total. The standard InChI is InChI=1S/C16H14N4O2/c1-11-7-9-20(19-11)13-5-2-4-12(10-13)16(22)18-15-14(21)6-3-8-17-15/h2-10,21H,1H3,(H,17,18,22). The van der Waals surface area contributed by atoms with Gasteiger partial charge in [-0.3, -0.25) is 4.79 Å². The van der Waals surface area contributed by atoms with Crippen molar-refractivity contribution in [3.05, 3.63) is 66.1 Å². The number of amides is 1. The van der Waals surface area contributed by atoms with Crippen LogP contribution in [-0.2, 0) is 0 Å². The van der Waals surface area contributed by atoms with Crippen LogP contribution in [0, 0.1) is 6.92 Å². The number of benzene rings is 1. The molecule has 2 N–H and O–H groups in total. The first-order valence-corrected chi connectivity index (χ1v) is 6.71. The van der Waals surface area contributed by atoms with E-state index in [9.17, 15) is 9.90 Å². The molecule has 0 bridgehead atoms. The number of pyridine rings is 1. The Bertz CT molecular complexity index is 826. The summed E-state index contributed by atoms with van der Waals surface area (Å²) in [5.74, 6) is -0.290. The monoisotopic (exact) mass is 294 g/mol. The van der Waals surface area contributed by atoms with Crippen LogP contribution in [0.1, 0.15) is 16.1 Å². The molecule has 1 amide bonds. The topological polar surface area (TPSA) is 80.0 Å². The number of hydrogen-bond acceptors (Lipinski definition) is 4. The van der Waals surface area contributed by atoms with E-state index >= 15 is 0 Å². The molecule has 22 heavy (non-hydrogen) atoms. The number of nitrogens with one attached hydrogen (secondary N) is 1. The second-order valence-corrected chi connectivity index (χ2v) is 4.78. The van der Waals surface area contributed by atoms with Gasteiger partial charge in [0, 0.05) is 18.0 Å². The lowest BCUT2D eigenvalue weighted by atomic mass is 10.2. The summed E-state index contributed by atoms with van der Waals surface area (Å²) < 4.78 is 1.70. The number of aromatic nitrogens is 3. The van der Waals surface area contributed by atoms with Crippen molar-refractivity contribution in [1.82, 2.24) is 14.8 Å². The van der Waals surface area contributed by atoms with Crippen molar-refractivity contribution in [3.8, 4) is 11.4 Å². The molecule has 0 saturated heterocycles. The molecular weight excluding hydrogens is 280 g/mol. The van der Waals surface area contributed by atoms with Crippen LogP contribution in [0.3, 0.4) is 0 Å². The number of carbonyl (C=O) groups excluding carboxylic acids is 1. The lowest BCUT2D eigenvalue weighted by Crippen LogP contribution is -2.13. The third-order valence-corrected chi connectivity index (χ3v) is 3.11. The summed E-state index contributed by atoms with van der Waals surface area (Å²) in [7, 11) is 0. The van der Waals surface area contributed by atoms with E-state index in [4.69, 9.17) is 0 Å². The Morgan fingerprint density at radius 3 is 2.82 bits per heavy atom. The van der Waals surface area contributed by atoms with Gasteiger partial charge in [-0.1, -0.05) is 6.07 Å². The third kappa shape index (κ3) is 2.80. The lowest BCUT2D eigenvalue weighted by molar-refractivity contribution is 0.102. The van der Waals surface area contributed by atoms with E-state index in [-0.39, 0.29) is 17.5 Å². The maximum atomic E-state index is 12.3. The first kappa shape index (κ1) is 13.8. The van der Waals surface area contributed by atoms with E-state index in [0.717, 1.165) is 11.4 Å². The van der Waals surface area contributed by atoms with E-state index in [0.29, 0.717) is 5.56 Å². The number of nitrogens with zero attached hydrogens (tertiary/aromatic N) is 3. The molecule has 0 saturated carbocycles. The van der Waals surface area contributed by atoms with E-state index < -0.39 is 0 Å². The van der Waals surface area contributed by atoms with Gasteiger partial charge in [0.05, 0.1) is 11.4 Å². The summed E-state index contributed by atoms with van der Waals surface area (Å²) in [6.07, 6.45) is 3.33. The van der Waals surface area contributed by atoms with E-state index in [1.165, 1.54) is 12.3 Å². The van der Waals surface area contributed by atoms with Gasteiger partial charge in [0.2, 0.25) is 0 Å². The van der Waals surface area contributed by atoms with Gasteiger partial charge >= 0.3 is 0 Å². The van der Waals surface area contributed by atoms with Gasteiger partial charge in [0.1, 0.15) is 0 Å². The number of aryl methyl sites for hydroxylation is 1. The molecule has 0 atom stereocenters. The Hall–Kier alpha value is -3.15. The average Bonchev–Trinajstić information content (AvgIpc) is 2.96. The van der Waals surface area contributed by atoms with Crippen molar-refractivity contribution in [2.45, 2.75) is 6.92 Å². The fourth-order valence-corrected chi connectivity index (χ4v) is 2.02. The predicted molar refractivity (Wildman–Crippen MR) is 82.2 cm³/mol. The Kier molecular flexibility index (Phi) is 3.57. The molecule has 1 aromatic carbocycles. The molecule has 0 spiro atoms. The third-order valence-electron chi connectivity index (χ3n) is 3.11. The van der Waals surface area contributed by atoms with Crippen LogP contribution < -0.4 is 5.32 Å². The van der Waals surface area contributed by atoms with Crippen LogP contribution in [0.5, 0.6) is 5.75 Å². The van der Waals surface area contributed by atoms with E-state index in [1.807, 2.05) is 25.3 Å². The normalized spacial score (nSPS) is 10.4. The van der Waals surface area contributed by atoms with Gasteiger partial charge in [-0.05, 0) is 43.3 Å². The fourth-order valence-electron chi connectivity index (χ4n) is 2.02. The maximum absolute atomic E-state index is 12.3. The smallest absolute Gasteiger partial charge is 0.256 e. The van der Waals surface area contributed by atoms with Crippen molar-refractivity contribution in [1.29, 1.82) is 0 Å². The van der Waals surface area contributed by atoms with Gasteiger partial charge in [-0.25, -0.2) is 9.67 Å². The van der Waals surface area contributed by atoms with Gasteiger partial charge in [-0.15, -0.1) is 0 Å². The Morgan fingerprint density at radius 1 is 1.23 bits per heavy atom. The zero-order chi connectivity index (χ0) is 15.5. The number of carbonyl (C=O) groups is 1. The first-order valence-electron chi connectivity index (χ1n) is 6.71. The summed E-state index contributed by atoms with van der Waals surface area (Å²) in [5, 5.41) is 16.5. The Morgan fingerprint density at radius 2 is 2.09 bits per heavy atom. The second kappa shape index (κ2) is 5.69. The number of hydrogen-bond donors (Lipinski definition) is 2. The molecule has 0 unspecified atom stereocenters. The van der Waals surface area contributed by atoms with Crippen LogP contribution >= 0.6 is 0 Å². The maximum Gasteiger partial charge on any atom is 0.256 e. The number of aromatic hydroxyl groups is 1. The van der Waals surface area contributed by atoms with Gasteiger partial charge in [0.25, 0.3) is 5.91 Å². The van der Waals surface area contributed by atoms with Crippen LogP contribution in [0.4, 0.5) is 5.82 Å². The minimum Gasteiger partial charge on any atom is -0.504 e. The van der Waals surface area contributed by atoms with Crippen molar-refractivity contribution in [2.75, 3.05) is 5.32 Å². The molecule has 3 aromatic rings. The second-order valence-electron chi connectivity index (χ2n) is 4.78. The Balaban J connectivity index is 1.86. The summed E-state index contributed by atoms with van der Waals surface area (Å²) in [4.78, 5) is 16.2. The molecule has 2 aromatic heterocycles. The zero-order valence-electron chi connectivity index (χ0n) is 11.9. The fraction of sp³-hybridized carbons (Fsp3) is 0.0625. The van der Waals surface area contributed by atoms with Gasteiger partial charge < -0.3 is 10.4 Å². The molecule has 110 valence electrons. The highest BCUT2D eigenvalue weighted by Gasteiger charge is 2.10. The minimum atomic E-state index is -0.347. The molecule has 0 aliphatic heterocycles. The number of rotatable bonds is 3. The summed E-state index contributed by atoms with van der Waals surface area (Å²) in [6, 6.07) is 12.0.